The van der Waals surface area contributed by atoms with Gasteiger partial charge in [0.15, 0.2) is 0 Å². The van der Waals surface area contributed by atoms with E-state index >= 15 is 0 Å². The van der Waals surface area contributed by atoms with E-state index in [1.807, 2.05) is 26.0 Å². The Morgan fingerprint density at radius 2 is 2.16 bits per heavy atom. The number of rotatable bonds is 4. The van der Waals surface area contributed by atoms with Crippen LogP contribution in [-0.2, 0) is 11.2 Å². The van der Waals surface area contributed by atoms with Gasteiger partial charge >= 0.3 is 0 Å². The third-order valence-electron chi connectivity index (χ3n) is 2.42. The molecule has 0 aromatic heterocycles. The van der Waals surface area contributed by atoms with Crippen LogP contribution in [0, 0.1) is 0 Å². The molecule has 0 fully saturated rings. The number of unbranched alkanes of at least 4 members (excludes halogenated alkanes) is 1. The summed E-state index contributed by atoms with van der Waals surface area (Å²) in [6.07, 6.45) is 2.06. The number of hydrogen-bond donors (Lipinski definition) is 2. The summed E-state index contributed by atoms with van der Waals surface area (Å²) in [7, 11) is 0. The molecule has 0 aliphatic carbocycles. The molecule has 1 aromatic rings. The van der Waals surface area contributed by atoms with Crippen molar-refractivity contribution in [3.8, 4) is 5.75 Å². The number of ether oxygens (including phenoxy) is 1. The van der Waals surface area contributed by atoms with E-state index in [1.165, 1.54) is 0 Å². The monoisotopic (exact) mass is 283 g/mol. The van der Waals surface area contributed by atoms with Crippen LogP contribution in [0.25, 0.3) is 0 Å². The minimum absolute atomic E-state index is 0.254. The zero-order valence-corrected chi connectivity index (χ0v) is 12.4. The van der Waals surface area contributed by atoms with Crippen molar-refractivity contribution in [2.75, 3.05) is 11.3 Å². The minimum Gasteiger partial charge on any atom is -0.493 e. The molecule has 0 saturated carbocycles. The molecule has 1 aliphatic rings. The maximum absolute atomic E-state index is 11.3. The van der Waals surface area contributed by atoms with Gasteiger partial charge in [-0.25, -0.2) is 4.21 Å². The molecule has 6 heteroatoms. The van der Waals surface area contributed by atoms with Crippen molar-refractivity contribution < 1.29 is 8.95 Å². The lowest BCUT2D eigenvalue weighted by molar-refractivity contribution is 0.309. The van der Waals surface area contributed by atoms with Crippen LogP contribution < -0.4 is 15.2 Å². The SMILES string of the molecule is CC.CCCCOc1cccc2c1C(N)=NS(=O)N2. The van der Waals surface area contributed by atoms with Gasteiger partial charge < -0.3 is 10.5 Å². The highest BCUT2D eigenvalue weighted by Crippen LogP contribution is 2.29. The first-order valence-electron chi connectivity index (χ1n) is 6.51. The molecule has 1 atom stereocenters. The molecule has 0 saturated heterocycles. The number of fused-ring (bicyclic) bond motifs is 1. The molecule has 0 amide bonds. The second-order valence-corrected chi connectivity index (χ2v) is 4.59. The molecule has 1 aliphatic heterocycles. The summed E-state index contributed by atoms with van der Waals surface area (Å²) >= 11 is -1.49. The number of benzene rings is 1. The van der Waals surface area contributed by atoms with E-state index in [0.29, 0.717) is 23.6 Å². The van der Waals surface area contributed by atoms with Crippen LogP contribution >= 0.6 is 0 Å². The van der Waals surface area contributed by atoms with Gasteiger partial charge in [0.1, 0.15) is 11.6 Å². The van der Waals surface area contributed by atoms with E-state index in [0.717, 1.165) is 12.8 Å². The van der Waals surface area contributed by atoms with Crippen LogP contribution in [0.3, 0.4) is 0 Å². The molecule has 0 spiro atoms. The second-order valence-electron chi connectivity index (χ2n) is 3.71. The summed E-state index contributed by atoms with van der Waals surface area (Å²) in [6.45, 7) is 6.74. The number of amidine groups is 1. The van der Waals surface area contributed by atoms with E-state index in [4.69, 9.17) is 10.5 Å². The number of nitrogens with one attached hydrogen (secondary N) is 1. The van der Waals surface area contributed by atoms with Crippen molar-refractivity contribution in [3.63, 3.8) is 0 Å². The first kappa shape index (κ1) is 15.5. The van der Waals surface area contributed by atoms with Gasteiger partial charge in [-0.3, -0.25) is 4.72 Å². The average Bonchev–Trinajstić information content (AvgIpc) is 2.40. The first-order chi connectivity index (χ1) is 9.22. The normalized spacial score (nSPS) is 16.4. The fourth-order valence-corrected chi connectivity index (χ4v) is 2.25. The molecule has 5 nitrogen and oxygen atoms in total. The third-order valence-corrected chi connectivity index (χ3v) is 3.17. The zero-order valence-electron chi connectivity index (χ0n) is 11.6. The highest BCUT2D eigenvalue weighted by Gasteiger charge is 2.19. The largest absolute Gasteiger partial charge is 0.493 e. The fraction of sp³-hybridized carbons (Fsp3) is 0.462. The average molecular weight is 283 g/mol. The zero-order chi connectivity index (χ0) is 14.3. The highest BCUT2D eigenvalue weighted by atomic mass is 32.2. The van der Waals surface area contributed by atoms with Crippen LogP contribution in [0.1, 0.15) is 39.2 Å². The fourth-order valence-electron chi connectivity index (χ4n) is 1.58. The van der Waals surface area contributed by atoms with Gasteiger partial charge in [-0.2, -0.15) is 4.40 Å². The Labute approximate surface area is 117 Å². The van der Waals surface area contributed by atoms with Crippen LogP contribution in [-0.4, -0.2) is 16.7 Å². The lowest BCUT2D eigenvalue weighted by Crippen LogP contribution is -2.24. The smallest absolute Gasteiger partial charge is 0.245 e. The van der Waals surface area contributed by atoms with E-state index in [9.17, 15) is 4.21 Å². The Morgan fingerprint density at radius 1 is 1.42 bits per heavy atom. The highest BCUT2D eigenvalue weighted by molar-refractivity contribution is 7.85. The standard InChI is InChI=1S/C11H15N3O2S.C2H6/c1-2-3-7-16-9-6-4-5-8-10(9)11(12)14-17(15)13-8;1-2/h4-6,13H,2-3,7H2,1H3,(H2,12,14);1-2H3. The molecular weight excluding hydrogens is 262 g/mol. The Kier molecular flexibility index (Phi) is 6.35. The summed E-state index contributed by atoms with van der Waals surface area (Å²) in [5, 5.41) is 0. The molecule has 1 unspecified atom stereocenters. The summed E-state index contributed by atoms with van der Waals surface area (Å²) < 4.78 is 23.5. The topological polar surface area (TPSA) is 76.7 Å². The van der Waals surface area contributed by atoms with Crippen molar-refractivity contribution in [1.82, 2.24) is 0 Å². The number of nitrogens with zero attached hydrogens (tertiary/aromatic N) is 1. The second kappa shape index (κ2) is 7.78. The van der Waals surface area contributed by atoms with Gasteiger partial charge in [-0.1, -0.05) is 33.3 Å². The van der Waals surface area contributed by atoms with E-state index in [2.05, 4.69) is 16.0 Å². The molecule has 19 heavy (non-hydrogen) atoms. The number of anilines is 1. The van der Waals surface area contributed by atoms with Gasteiger partial charge in [0.2, 0.25) is 11.2 Å². The van der Waals surface area contributed by atoms with Gasteiger partial charge in [0, 0.05) is 0 Å². The molecule has 0 radical (unpaired) electrons. The maximum Gasteiger partial charge on any atom is 0.245 e. The van der Waals surface area contributed by atoms with Crippen molar-refractivity contribution in [2.24, 2.45) is 10.1 Å². The number of hydrogen-bond acceptors (Lipinski definition) is 3. The maximum atomic E-state index is 11.3. The summed E-state index contributed by atoms with van der Waals surface area (Å²) in [6, 6.07) is 5.48. The Morgan fingerprint density at radius 3 is 2.84 bits per heavy atom. The van der Waals surface area contributed by atoms with Crippen LogP contribution in [0.4, 0.5) is 5.69 Å². The third kappa shape index (κ3) is 3.96. The van der Waals surface area contributed by atoms with Crippen LogP contribution in [0.2, 0.25) is 0 Å². The molecule has 0 bridgehead atoms. The van der Waals surface area contributed by atoms with Crippen LogP contribution in [0.5, 0.6) is 5.75 Å². The van der Waals surface area contributed by atoms with E-state index in [1.54, 1.807) is 6.07 Å². The molecule has 2 rings (SSSR count). The Hall–Kier alpha value is -1.56. The lowest BCUT2D eigenvalue weighted by atomic mass is 10.1. The van der Waals surface area contributed by atoms with Gasteiger partial charge in [-0.05, 0) is 18.6 Å². The van der Waals surface area contributed by atoms with E-state index < -0.39 is 11.2 Å². The Bertz CT molecular complexity index is 475. The predicted octanol–water partition coefficient (Wildman–Crippen LogP) is 2.60. The predicted molar refractivity (Wildman–Crippen MR) is 80.7 cm³/mol. The van der Waals surface area contributed by atoms with Gasteiger partial charge in [-0.15, -0.1) is 0 Å². The lowest BCUT2D eigenvalue weighted by Gasteiger charge is -2.18. The van der Waals surface area contributed by atoms with Crippen LogP contribution in [0.15, 0.2) is 22.6 Å². The molecule has 3 N–H and O–H groups in total. The van der Waals surface area contributed by atoms with Crippen molar-refractivity contribution in [3.05, 3.63) is 23.8 Å². The summed E-state index contributed by atoms with van der Waals surface area (Å²) in [5.74, 6) is 0.936. The van der Waals surface area contributed by atoms with Crippen molar-refractivity contribution in [1.29, 1.82) is 0 Å². The Balaban J connectivity index is 0.000000861. The molecule has 106 valence electrons. The summed E-state index contributed by atoms with van der Waals surface area (Å²) in [4.78, 5) is 0. The molecule has 1 heterocycles. The summed E-state index contributed by atoms with van der Waals surface area (Å²) in [5.41, 5.74) is 7.18. The van der Waals surface area contributed by atoms with Crippen molar-refractivity contribution in [2.45, 2.75) is 33.6 Å². The first-order valence-corrected chi connectivity index (χ1v) is 7.62. The molecule has 1 aromatic carbocycles. The minimum atomic E-state index is -1.49. The number of nitrogens with two attached hydrogens (primary N) is 1. The molecular formula is C13H21N3O2S. The van der Waals surface area contributed by atoms with Crippen molar-refractivity contribution >= 4 is 22.7 Å². The van der Waals surface area contributed by atoms with Gasteiger partial charge in [0.05, 0.1) is 17.9 Å². The quantitative estimate of drug-likeness (QED) is 0.834. The van der Waals surface area contributed by atoms with E-state index in [-0.39, 0.29) is 5.84 Å². The van der Waals surface area contributed by atoms with Gasteiger partial charge in [0.25, 0.3) is 0 Å².